The fourth-order valence-electron chi connectivity index (χ4n) is 6.10. The molecule has 1 aliphatic rings. The molecule has 0 saturated carbocycles. The van der Waals surface area contributed by atoms with Crippen LogP contribution in [0.2, 0.25) is 20.1 Å². The maximum atomic E-state index is 13.2. The second kappa shape index (κ2) is 21.5. The lowest BCUT2D eigenvalue weighted by molar-refractivity contribution is -0.122. The molecule has 1 aliphatic heterocycles. The van der Waals surface area contributed by atoms with Gasteiger partial charge in [0, 0.05) is 10.7 Å². The maximum absolute atomic E-state index is 13.2. The van der Waals surface area contributed by atoms with Crippen LogP contribution in [0.15, 0.2) is 59.6 Å². The van der Waals surface area contributed by atoms with Gasteiger partial charge in [0.05, 0.1) is 27.2 Å². The molecular weight excluding hydrogens is 726 g/mol. The first-order chi connectivity index (χ1) is 24.7. The molecule has 2 amide bonds. The number of aryl methyl sites for hydroxylation is 1. The number of halogens is 4. The van der Waals surface area contributed by atoms with E-state index in [2.05, 4.69) is 28.7 Å². The molecule has 4 rings (SSSR count). The standard InChI is InChI=1S/C40H50Cl4N4O3/c1-3-5-6-7-8-9-10-11-12-13-14-15-16-18-28-19-17-20-31(23-28)51-36(4-2)40(50)45-30-21-22-35(32(42)26-30)46-37-27-38(49)48(47-37)39-33(43)24-29(41)25-34(39)44/h17,19-26,36H,3-16,18,27H2,1-2H3,(H,45,50)(H,46,47)/t36-/m0/s1. The van der Waals surface area contributed by atoms with E-state index in [0.717, 1.165) is 12.8 Å². The zero-order chi connectivity index (χ0) is 36.6. The van der Waals surface area contributed by atoms with E-state index in [1.54, 1.807) is 18.2 Å². The summed E-state index contributed by atoms with van der Waals surface area (Å²) >= 11 is 25.2. The Morgan fingerprint density at radius 2 is 1.45 bits per heavy atom. The van der Waals surface area contributed by atoms with Crippen molar-refractivity contribution in [1.29, 1.82) is 0 Å². The number of carbonyl (C=O) groups excluding carboxylic acids is 2. The number of nitrogens with zero attached hydrogens (tertiary/aromatic N) is 2. The number of nitrogens with one attached hydrogen (secondary N) is 2. The third-order valence-corrected chi connectivity index (χ3v) is 9.99. The molecule has 0 unspecified atom stereocenters. The van der Waals surface area contributed by atoms with Crippen LogP contribution in [0.1, 0.15) is 116 Å². The number of amidine groups is 1. The van der Waals surface area contributed by atoms with E-state index < -0.39 is 6.10 Å². The van der Waals surface area contributed by atoms with Gasteiger partial charge in [-0.2, -0.15) is 0 Å². The van der Waals surface area contributed by atoms with Gasteiger partial charge < -0.3 is 10.1 Å². The van der Waals surface area contributed by atoms with Crippen LogP contribution < -0.4 is 20.5 Å². The molecule has 0 aromatic heterocycles. The summed E-state index contributed by atoms with van der Waals surface area (Å²) in [6.07, 6.45) is 18.2. The first-order valence-corrected chi connectivity index (χ1v) is 19.9. The predicted molar refractivity (Wildman–Crippen MR) is 214 cm³/mol. The zero-order valence-corrected chi connectivity index (χ0v) is 32.7. The quantitative estimate of drug-likeness (QED) is 0.106. The average Bonchev–Trinajstić information content (AvgIpc) is 3.45. The van der Waals surface area contributed by atoms with Gasteiger partial charge in [0.25, 0.3) is 11.8 Å². The van der Waals surface area contributed by atoms with Crippen LogP contribution in [0.5, 0.6) is 5.75 Å². The number of rotatable bonds is 21. The summed E-state index contributed by atoms with van der Waals surface area (Å²) in [5, 5.41) is 5.24. The van der Waals surface area contributed by atoms with Gasteiger partial charge in [0.15, 0.2) is 6.10 Å². The second-order valence-corrected chi connectivity index (χ2v) is 14.8. The van der Waals surface area contributed by atoms with Crippen molar-refractivity contribution in [2.75, 3.05) is 10.3 Å². The number of anilines is 2. The lowest BCUT2D eigenvalue weighted by atomic mass is 10.0. The van der Waals surface area contributed by atoms with Crippen molar-refractivity contribution in [2.24, 2.45) is 4.99 Å². The summed E-state index contributed by atoms with van der Waals surface area (Å²) in [5.74, 6) is 0.472. The van der Waals surface area contributed by atoms with Crippen molar-refractivity contribution in [3.63, 3.8) is 0 Å². The van der Waals surface area contributed by atoms with E-state index in [1.807, 2.05) is 25.1 Å². The number of hydrogen-bond donors (Lipinski definition) is 2. The van der Waals surface area contributed by atoms with Gasteiger partial charge in [-0.15, -0.1) is 0 Å². The molecule has 11 heteroatoms. The lowest BCUT2D eigenvalue weighted by Crippen LogP contribution is -2.36. The molecule has 3 aromatic carbocycles. The van der Waals surface area contributed by atoms with Gasteiger partial charge in [-0.3, -0.25) is 15.0 Å². The number of amides is 2. The van der Waals surface area contributed by atoms with Crippen LogP contribution >= 0.6 is 46.4 Å². The average molecular weight is 777 g/mol. The Bertz CT molecular complexity index is 1610. The van der Waals surface area contributed by atoms with E-state index in [-0.39, 0.29) is 34.0 Å². The highest BCUT2D eigenvalue weighted by atomic mass is 35.5. The molecule has 7 nitrogen and oxygen atoms in total. The number of benzene rings is 3. The third kappa shape index (κ3) is 13.2. The number of carbonyl (C=O) groups is 2. The van der Waals surface area contributed by atoms with Crippen molar-refractivity contribution >= 4 is 81.1 Å². The van der Waals surface area contributed by atoms with Gasteiger partial charge in [0.2, 0.25) is 0 Å². The first kappa shape index (κ1) is 40.8. The Morgan fingerprint density at radius 1 is 0.824 bits per heavy atom. The summed E-state index contributed by atoms with van der Waals surface area (Å²) in [4.78, 5) is 30.5. The van der Waals surface area contributed by atoms with Crippen LogP contribution in [0.4, 0.5) is 17.1 Å². The van der Waals surface area contributed by atoms with Gasteiger partial charge in [0.1, 0.15) is 17.3 Å². The van der Waals surface area contributed by atoms with Gasteiger partial charge in [-0.1, -0.05) is 149 Å². The van der Waals surface area contributed by atoms with Gasteiger partial charge in [-0.05, 0) is 67.3 Å². The number of ether oxygens (including phenoxy) is 1. The molecule has 1 fully saturated rings. The Balaban J connectivity index is 1.21. The summed E-state index contributed by atoms with van der Waals surface area (Å²) in [6, 6.07) is 16.0. The maximum Gasteiger partial charge on any atom is 0.265 e. The summed E-state index contributed by atoms with van der Waals surface area (Å²) in [6.45, 7) is 4.18. The highest BCUT2D eigenvalue weighted by Crippen LogP contribution is 2.37. The van der Waals surface area contributed by atoms with Crippen molar-refractivity contribution < 1.29 is 14.3 Å². The van der Waals surface area contributed by atoms with E-state index >= 15 is 0 Å². The lowest BCUT2D eigenvalue weighted by Gasteiger charge is -2.19. The zero-order valence-electron chi connectivity index (χ0n) is 29.7. The largest absolute Gasteiger partial charge is 0.481 e. The van der Waals surface area contributed by atoms with Crippen LogP contribution in [0.25, 0.3) is 0 Å². The van der Waals surface area contributed by atoms with Crippen molar-refractivity contribution in [2.45, 2.75) is 123 Å². The molecule has 1 atom stereocenters. The summed E-state index contributed by atoms with van der Waals surface area (Å²) in [7, 11) is 0. The monoisotopic (exact) mass is 774 g/mol. The fourth-order valence-corrected chi connectivity index (χ4v) is 7.31. The molecule has 0 spiro atoms. The Hall–Kier alpha value is -2.97. The molecule has 0 bridgehead atoms. The highest BCUT2D eigenvalue weighted by molar-refractivity contribution is 6.42. The van der Waals surface area contributed by atoms with Crippen LogP contribution in [-0.4, -0.2) is 23.8 Å². The minimum absolute atomic E-state index is 0.0137. The molecule has 1 saturated heterocycles. The van der Waals surface area contributed by atoms with Crippen LogP contribution in [0.3, 0.4) is 0 Å². The summed E-state index contributed by atoms with van der Waals surface area (Å²) in [5.41, 5.74) is 5.37. The van der Waals surface area contributed by atoms with Crippen LogP contribution in [0, 0.1) is 0 Å². The third-order valence-electron chi connectivity index (χ3n) is 8.89. The molecule has 0 aliphatic carbocycles. The molecule has 51 heavy (non-hydrogen) atoms. The molecule has 2 N–H and O–H groups in total. The minimum Gasteiger partial charge on any atom is -0.481 e. The molecule has 1 heterocycles. The van der Waals surface area contributed by atoms with Gasteiger partial charge in [-0.25, -0.2) is 10.0 Å². The van der Waals surface area contributed by atoms with Gasteiger partial charge >= 0.3 is 0 Å². The van der Waals surface area contributed by atoms with Crippen molar-refractivity contribution in [3.8, 4) is 5.75 Å². The fraction of sp³-hybridized carbons (Fsp3) is 0.475. The predicted octanol–water partition coefficient (Wildman–Crippen LogP) is 12.7. The highest BCUT2D eigenvalue weighted by Gasteiger charge is 2.30. The second-order valence-electron chi connectivity index (χ2n) is 13.1. The number of aliphatic imine (C=N–C) groups is 1. The number of hydrazine groups is 1. The Labute approximate surface area is 323 Å². The van der Waals surface area contributed by atoms with Crippen molar-refractivity contribution in [3.05, 3.63) is 80.3 Å². The van der Waals surface area contributed by atoms with E-state index in [1.165, 1.54) is 99.8 Å². The number of hydrogen-bond acceptors (Lipinski definition) is 4. The smallest absolute Gasteiger partial charge is 0.265 e. The Kier molecular flexibility index (Phi) is 17.2. The topological polar surface area (TPSA) is 83.0 Å². The SMILES string of the molecule is CCCCCCCCCCCCCCCc1cccc(O[C@@H](CC)C(=O)Nc2ccc(N=C3CC(=O)N(c4c(Cl)cc(Cl)cc4Cl)N3)c(Cl)c2)c1. The molecule has 3 aromatic rings. The van der Waals surface area contributed by atoms with E-state index in [0.29, 0.717) is 39.4 Å². The summed E-state index contributed by atoms with van der Waals surface area (Å²) < 4.78 is 6.14. The molecular formula is C40H50Cl4N4O3. The normalized spacial score (nSPS) is 14.2. The molecule has 0 radical (unpaired) electrons. The Morgan fingerprint density at radius 3 is 2.06 bits per heavy atom. The number of unbranched alkanes of at least 4 members (excludes halogenated alkanes) is 12. The molecule has 276 valence electrons. The van der Waals surface area contributed by atoms with E-state index in [9.17, 15) is 9.59 Å². The van der Waals surface area contributed by atoms with Crippen LogP contribution in [-0.2, 0) is 16.0 Å². The van der Waals surface area contributed by atoms with E-state index in [4.69, 9.17) is 51.1 Å². The van der Waals surface area contributed by atoms with Crippen molar-refractivity contribution in [1.82, 2.24) is 5.43 Å². The first-order valence-electron chi connectivity index (χ1n) is 18.4. The minimum atomic E-state index is -0.679.